The molecule has 154 valence electrons. The number of hydrogen-bond acceptors (Lipinski definition) is 12. The van der Waals surface area contributed by atoms with Crippen molar-refractivity contribution in [1.29, 1.82) is 0 Å². The van der Waals surface area contributed by atoms with E-state index in [1.54, 1.807) is 0 Å². The van der Waals surface area contributed by atoms with Crippen molar-refractivity contribution in [3.05, 3.63) is 18.2 Å². The smallest absolute Gasteiger partial charge is 0.744 e. The van der Waals surface area contributed by atoms with Crippen molar-refractivity contribution in [2.75, 3.05) is 7.11 Å². The monoisotopic (exact) mass is 480 g/mol. The zero-order valence-electron chi connectivity index (χ0n) is 16.7. The van der Waals surface area contributed by atoms with Crippen LogP contribution in [0.4, 0.5) is 5.69 Å². The topological polar surface area (TPSA) is 200 Å². The summed E-state index contributed by atoms with van der Waals surface area (Å²) >= 11 is 0. The van der Waals surface area contributed by atoms with Gasteiger partial charge >= 0.3 is 65.1 Å². The number of benzene rings is 1. The predicted octanol–water partition coefficient (Wildman–Crippen LogP) is -5.93. The van der Waals surface area contributed by atoms with Crippen LogP contribution in [0.2, 0.25) is 0 Å². The molecule has 0 aromatic heterocycles. The van der Waals surface area contributed by atoms with Crippen molar-refractivity contribution in [3.63, 3.8) is 0 Å². The first kappa shape index (κ1) is 31.6. The van der Waals surface area contributed by atoms with E-state index in [-0.39, 0.29) is 59.1 Å². The van der Waals surface area contributed by atoms with Gasteiger partial charge in [0.2, 0.25) is 5.54 Å². The van der Waals surface area contributed by atoms with Crippen LogP contribution in [-0.2, 0) is 39.4 Å². The van der Waals surface area contributed by atoms with Crippen molar-refractivity contribution < 1.29 is 104 Å². The average molecular weight is 480 g/mol. The van der Waals surface area contributed by atoms with Crippen molar-refractivity contribution in [3.8, 4) is 0 Å². The third-order valence-corrected chi connectivity index (χ3v) is 5.32. The van der Waals surface area contributed by atoms with Gasteiger partial charge in [-0.1, -0.05) is 0 Å². The van der Waals surface area contributed by atoms with E-state index in [4.69, 9.17) is 0 Å². The van der Waals surface area contributed by atoms with Crippen LogP contribution in [0, 0.1) is 0 Å². The zero-order valence-corrected chi connectivity index (χ0v) is 22.4. The molecule has 1 rings (SSSR count). The third kappa shape index (κ3) is 7.85. The molecule has 0 aliphatic rings. The molecule has 0 aliphatic heterocycles. The molecule has 0 fully saturated rings. The predicted molar refractivity (Wildman–Crippen MR) is 87.6 cm³/mol. The molecule has 0 unspecified atom stereocenters. The van der Waals surface area contributed by atoms with Gasteiger partial charge in [-0.2, -0.15) is 10.2 Å². The van der Waals surface area contributed by atoms with Gasteiger partial charge in [-0.15, -0.1) is 0 Å². The second-order valence-corrected chi connectivity index (χ2v) is 8.19. The van der Waals surface area contributed by atoms with Gasteiger partial charge in [-0.25, -0.2) is 16.8 Å². The number of azo groups is 1. The van der Waals surface area contributed by atoms with Crippen molar-refractivity contribution in [2.24, 2.45) is 10.2 Å². The minimum Gasteiger partial charge on any atom is -0.744 e. The van der Waals surface area contributed by atoms with E-state index < -0.39 is 65.2 Å². The number of ether oxygens (including phenoxy) is 1. The molecule has 0 amide bonds. The largest absolute Gasteiger partial charge is 1.00 e. The van der Waals surface area contributed by atoms with E-state index >= 15 is 0 Å². The molecule has 0 radical (unpaired) electrons. The maximum absolute atomic E-state index is 12.0. The Bertz CT molecular complexity index is 1050. The van der Waals surface area contributed by atoms with Crippen LogP contribution in [0.15, 0.2) is 38.2 Å². The molecule has 0 heterocycles. The van der Waals surface area contributed by atoms with E-state index in [1.807, 2.05) is 0 Å². The Morgan fingerprint density at radius 2 is 1.50 bits per heavy atom. The van der Waals surface area contributed by atoms with Gasteiger partial charge in [-0.3, -0.25) is 14.4 Å². The normalized spacial score (nSPS) is 11.9. The van der Waals surface area contributed by atoms with Crippen LogP contribution in [-0.4, -0.2) is 56.1 Å². The molecule has 12 nitrogen and oxygen atoms in total. The molecular formula is C14H14N2Na2O10S2. The van der Waals surface area contributed by atoms with Gasteiger partial charge in [0.05, 0.1) is 23.3 Å². The van der Waals surface area contributed by atoms with Gasteiger partial charge in [0, 0.05) is 0 Å². The molecule has 0 N–H and O–H groups in total. The molecule has 0 atom stereocenters. The summed E-state index contributed by atoms with van der Waals surface area (Å²) < 4.78 is 71.8. The Kier molecular flexibility index (Phi) is 12.5. The molecular weight excluding hydrogens is 466 g/mol. The number of nitrogens with zero attached hydrogens (tertiary/aromatic N) is 2. The Morgan fingerprint density at radius 1 is 1.00 bits per heavy atom. The van der Waals surface area contributed by atoms with Gasteiger partial charge in [0.1, 0.15) is 25.9 Å². The number of Topliss-reactive ketones (excluding diaryl/α,β-unsaturated/α-hetero) is 2. The maximum Gasteiger partial charge on any atom is 1.00 e. The van der Waals surface area contributed by atoms with Gasteiger partial charge in [0.15, 0.2) is 11.6 Å². The fourth-order valence-electron chi connectivity index (χ4n) is 2.04. The summed E-state index contributed by atoms with van der Waals surface area (Å²) in [6.07, 6.45) is -0.878. The average Bonchev–Trinajstić information content (AvgIpc) is 2.55. The maximum atomic E-state index is 12.0. The SMILES string of the molecule is COC(=O)CC(N=Nc1cc(S(=O)(=O)[O-])ccc1S(=O)(=O)[O-])(C(C)=O)C(C)=O.[Na+].[Na+]. The molecule has 0 spiro atoms. The Labute approximate surface area is 216 Å². The number of carbonyl (C=O) groups is 3. The molecule has 0 bridgehead atoms. The minimum atomic E-state index is -5.19. The first-order valence-corrected chi connectivity index (χ1v) is 10.0. The second-order valence-electron chi connectivity index (χ2n) is 5.46. The van der Waals surface area contributed by atoms with Crippen LogP contribution in [0.5, 0.6) is 0 Å². The van der Waals surface area contributed by atoms with Gasteiger partial charge in [-0.05, 0) is 32.0 Å². The molecule has 1 aromatic carbocycles. The van der Waals surface area contributed by atoms with E-state index in [2.05, 4.69) is 15.0 Å². The summed E-state index contributed by atoms with van der Waals surface area (Å²) in [5, 5.41) is 6.78. The Balaban J connectivity index is 0. The number of hydrogen-bond donors (Lipinski definition) is 0. The number of carbonyl (C=O) groups excluding carboxylic acids is 3. The van der Waals surface area contributed by atoms with Gasteiger partial charge < -0.3 is 13.8 Å². The first-order valence-electron chi connectivity index (χ1n) is 7.23. The minimum absolute atomic E-state index is 0. The van der Waals surface area contributed by atoms with Crippen molar-refractivity contribution >= 4 is 43.5 Å². The number of rotatable bonds is 8. The van der Waals surface area contributed by atoms with Crippen LogP contribution < -0.4 is 59.1 Å². The summed E-state index contributed by atoms with van der Waals surface area (Å²) in [7, 11) is -9.27. The fraction of sp³-hybridized carbons (Fsp3) is 0.357. The van der Waals surface area contributed by atoms with Crippen LogP contribution in [0.25, 0.3) is 0 Å². The Morgan fingerprint density at radius 3 is 1.87 bits per heavy atom. The van der Waals surface area contributed by atoms with Crippen LogP contribution >= 0.6 is 0 Å². The summed E-state index contributed by atoms with van der Waals surface area (Å²) in [6, 6.07) is 1.54. The van der Waals surface area contributed by atoms with Crippen LogP contribution in [0.3, 0.4) is 0 Å². The van der Waals surface area contributed by atoms with Gasteiger partial charge in [0.25, 0.3) is 0 Å². The second kappa shape index (κ2) is 11.9. The van der Waals surface area contributed by atoms with Crippen LogP contribution in [0.1, 0.15) is 20.3 Å². The number of ketones is 2. The molecule has 16 heteroatoms. The summed E-state index contributed by atoms with van der Waals surface area (Å²) in [6.45, 7) is 1.82. The molecule has 30 heavy (non-hydrogen) atoms. The number of esters is 1. The van der Waals surface area contributed by atoms with E-state index in [9.17, 15) is 40.3 Å². The van der Waals surface area contributed by atoms with E-state index in [1.165, 1.54) is 0 Å². The van der Waals surface area contributed by atoms with E-state index in [0.717, 1.165) is 21.0 Å². The molecule has 0 saturated carbocycles. The summed E-state index contributed by atoms with van der Waals surface area (Å²) in [5.74, 6) is -2.92. The third-order valence-electron chi connectivity index (χ3n) is 3.61. The number of methoxy groups -OCH3 is 1. The first-order chi connectivity index (χ1) is 12.6. The quantitative estimate of drug-likeness (QED) is 0.113. The fourth-order valence-corrected chi connectivity index (χ4v) is 3.12. The summed E-state index contributed by atoms with van der Waals surface area (Å²) in [4.78, 5) is 33.5. The molecule has 0 aliphatic carbocycles. The Hall–Kier alpha value is -0.550. The van der Waals surface area contributed by atoms with Crippen molar-refractivity contribution in [1.82, 2.24) is 0 Å². The molecule has 0 saturated heterocycles. The zero-order chi connectivity index (χ0) is 21.9. The summed E-state index contributed by atoms with van der Waals surface area (Å²) in [5.41, 5.74) is -3.30. The van der Waals surface area contributed by atoms with E-state index in [0.29, 0.717) is 18.2 Å². The molecule has 1 aromatic rings. The van der Waals surface area contributed by atoms with Crippen molar-refractivity contribution in [2.45, 2.75) is 35.6 Å². The standard InChI is InChI=1S/C14H16N2O10S2.2Na/c1-8(17)14(9(2)18,7-13(19)26-3)16-15-11-6-10(27(20,21)22)4-5-12(11)28(23,24)25;;/h4-6H,7H2,1-3H3,(H,20,21,22)(H,23,24,25);;/q;2*+1/p-2.